The highest BCUT2D eigenvalue weighted by Gasteiger charge is 2.24. The number of aliphatic hydroxyl groups is 1. The predicted octanol–water partition coefficient (Wildman–Crippen LogP) is -0.592. The largest absolute Gasteiger partial charge is 0.370 e. The zero-order chi connectivity index (χ0) is 13.1. The van der Waals surface area contributed by atoms with Gasteiger partial charge in [0.2, 0.25) is 5.91 Å². The Morgan fingerprint density at radius 2 is 1.56 bits per heavy atom. The third-order valence-corrected chi connectivity index (χ3v) is 2.94. The first-order valence-electron chi connectivity index (χ1n) is 5.80. The third-order valence-electron chi connectivity index (χ3n) is 2.94. The van der Waals surface area contributed by atoms with Crippen molar-refractivity contribution in [2.45, 2.75) is 19.1 Å². The summed E-state index contributed by atoms with van der Waals surface area (Å²) in [6, 6.07) is 0. The average molecular weight is 250 g/mol. The maximum absolute atomic E-state index is 11.3. The van der Waals surface area contributed by atoms with Crippen LogP contribution in [0.25, 0.3) is 0 Å². The Kier molecular flexibility index (Phi) is 3.57. The van der Waals surface area contributed by atoms with Crippen LogP contribution in [-0.2, 0) is 14.4 Å². The Morgan fingerprint density at radius 3 is 2.11 bits per heavy atom. The summed E-state index contributed by atoms with van der Waals surface area (Å²) in [7, 11) is 0. The van der Waals surface area contributed by atoms with Crippen LogP contribution < -0.4 is 0 Å². The SMILES string of the molecule is O=C1C=CC(=O)N1CCCCN1C(=O)C=CC1O. The zero-order valence-electron chi connectivity index (χ0n) is 9.78. The van der Waals surface area contributed by atoms with Gasteiger partial charge in [0.05, 0.1) is 0 Å². The van der Waals surface area contributed by atoms with Gasteiger partial charge in [0, 0.05) is 31.3 Å². The molecule has 18 heavy (non-hydrogen) atoms. The summed E-state index contributed by atoms with van der Waals surface area (Å²) in [6.07, 6.45) is 5.65. The fourth-order valence-electron chi connectivity index (χ4n) is 1.94. The van der Waals surface area contributed by atoms with E-state index in [0.29, 0.717) is 25.9 Å². The van der Waals surface area contributed by atoms with Gasteiger partial charge in [0.15, 0.2) is 0 Å². The van der Waals surface area contributed by atoms with E-state index in [1.54, 1.807) is 0 Å². The van der Waals surface area contributed by atoms with Crippen LogP contribution in [0.3, 0.4) is 0 Å². The minimum absolute atomic E-state index is 0.211. The number of imide groups is 1. The molecule has 0 radical (unpaired) electrons. The van der Waals surface area contributed by atoms with E-state index in [4.69, 9.17) is 0 Å². The molecule has 0 bridgehead atoms. The first kappa shape index (κ1) is 12.5. The standard InChI is InChI=1S/C12H14N2O4/c15-9-3-4-10(16)13(9)7-1-2-8-14-11(17)5-6-12(14)18/h3-6,9,15H,1-2,7-8H2. The molecule has 2 aliphatic heterocycles. The molecule has 0 aromatic heterocycles. The average Bonchev–Trinajstić information content (AvgIpc) is 2.82. The molecule has 0 aromatic rings. The van der Waals surface area contributed by atoms with E-state index >= 15 is 0 Å². The smallest absolute Gasteiger partial charge is 0.253 e. The number of hydrogen-bond donors (Lipinski definition) is 1. The summed E-state index contributed by atoms with van der Waals surface area (Å²) in [4.78, 5) is 36.3. The van der Waals surface area contributed by atoms with E-state index in [1.165, 1.54) is 34.1 Å². The summed E-state index contributed by atoms with van der Waals surface area (Å²) < 4.78 is 0. The topological polar surface area (TPSA) is 77.9 Å². The van der Waals surface area contributed by atoms with Crippen molar-refractivity contribution in [3.63, 3.8) is 0 Å². The molecule has 1 unspecified atom stereocenters. The molecule has 6 heteroatoms. The fraction of sp³-hybridized carbons (Fsp3) is 0.417. The summed E-state index contributed by atoms with van der Waals surface area (Å²) >= 11 is 0. The van der Waals surface area contributed by atoms with Crippen molar-refractivity contribution < 1.29 is 19.5 Å². The first-order chi connectivity index (χ1) is 8.59. The Hall–Kier alpha value is -1.95. The first-order valence-corrected chi connectivity index (χ1v) is 5.80. The molecule has 0 aromatic carbocycles. The molecule has 0 aliphatic carbocycles. The van der Waals surface area contributed by atoms with Crippen LogP contribution in [0.15, 0.2) is 24.3 Å². The number of nitrogens with zero attached hydrogens (tertiary/aromatic N) is 2. The van der Waals surface area contributed by atoms with Gasteiger partial charge in [-0.1, -0.05) is 0 Å². The molecule has 1 N–H and O–H groups in total. The van der Waals surface area contributed by atoms with Gasteiger partial charge in [0.25, 0.3) is 11.8 Å². The number of amides is 3. The number of aliphatic hydroxyl groups excluding tert-OH is 1. The van der Waals surface area contributed by atoms with Crippen LogP contribution in [0.5, 0.6) is 0 Å². The van der Waals surface area contributed by atoms with Gasteiger partial charge < -0.3 is 10.0 Å². The summed E-state index contributed by atoms with van der Waals surface area (Å²) in [6.45, 7) is 0.757. The van der Waals surface area contributed by atoms with Crippen LogP contribution in [0.4, 0.5) is 0 Å². The Morgan fingerprint density at radius 1 is 0.944 bits per heavy atom. The van der Waals surface area contributed by atoms with E-state index in [0.717, 1.165) is 0 Å². The maximum atomic E-state index is 11.3. The summed E-state index contributed by atoms with van der Waals surface area (Å²) in [5.41, 5.74) is 0. The van der Waals surface area contributed by atoms with Crippen molar-refractivity contribution in [3.8, 4) is 0 Å². The molecule has 2 aliphatic rings. The van der Waals surface area contributed by atoms with Crippen LogP contribution in [-0.4, -0.2) is 51.9 Å². The molecular formula is C12H14N2O4. The number of hydrogen-bond acceptors (Lipinski definition) is 4. The molecule has 2 rings (SSSR count). The maximum Gasteiger partial charge on any atom is 0.253 e. The summed E-state index contributed by atoms with van der Waals surface area (Å²) in [5.74, 6) is -0.796. The highest BCUT2D eigenvalue weighted by Crippen LogP contribution is 2.11. The van der Waals surface area contributed by atoms with Crippen molar-refractivity contribution in [1.29, 1.82) is 0 Å². The quantitative estimate of drug-likeness (QED) is 0.522. The van der Waals surface area contributed by atoms with Crippen molar-refractivity contribution in [1.82, 2.24) is 9.80 Å². The normalized spacial score (nSPS) is 22.7. The molecule has 0 saturated carbocycles. The van der Waals surface area contributed by atoms with Gasteiger partial charge >= 0.3 is 0 Å². The molecule has 1 atom stereocenters. The fourth-order valence-corrected chi connectivity index (χ4v) is 1.94. The van der Waals surface area contributed by atoms with E-state index in [2.05, 4.69) is 0 Å². The summed E-state index contributed by atoms with van der Waals surface area (Å²) in [5, 5.41) is 9.44. The number of rotatable bonds is 5. The van der Waals surface area contributed by atoms with Crippen LogP contribution >= 0.6 is 0 Å². The molecule has 0 spiro atoms. The Labute approximate surface area is 104 Å². The molecule has 6 nitrogen and oxygen atoms in total. The van der Waals surface area contributed by atoms with Crippen molar-refractivity contribution in [3.05, 3.63) is 24.3 Å². The van der Waals surface area contributed by atoms with Crippen molar-refractivity contribution >= 4 is 17.7 Å². The highest BCUT2D eigenvalue weighted by molar-refractivity contribution is 6.12. The monoisotopic (exact) mass is 250 g/mol. The van der Waals surface area contributed by atoms with Gasteiger partial charge in [-0.25, -0.2) is 0 Å². The highest BCUT2D eigenvalue weighted by atomic mass is 16.3. The van der Waals surface area contributed by atoms with Gasteiger partial charge in [-0.2, -0.15) is 0 Å². The lowest BCUT2D eigenvalue weighted by atomic mass is 10.2. The molecule has 0 saturated heterocycles. The molecular weight excluding hydrogens is 236 g/mol. The van der Waals surface area contributed by atoms with Gasteiger partial charge in [-0.05, 0) is 18.9 Å². The Bertz CT molecular complexity index is 423. The predicted molar refractivity (Wildman–Crippen MR) is 62.0 cm³/mol. The third kappa shape index (κ3) is 2.48. The molecule has 3 amide bonds. The van der Waals surface area contributed by atoms with Gasteiger partial charge in [0.1, 0.15) is 6.23 Å². The molecule has 96 valence electrons. The molecule has 2 heterocycles. The van der Waals surface area contributed by atoms with E-state index in [9.17, 15) is 19.5 Å². The second kappa shape index (κ2) is 5.14. The van der Waals surface area contributed by atoms with E-state index < -0.39 is 6.23 Å². The minimum atomic E-state index is -0.853. The second-order valence-corrected chi connectivity index (χ2v) is 4.17. The van der Waals surface area contributed by atoms with Gasteiger partial charge in [-0.3, -0.25) is 19.3 Å². The lowest BCUT2D eigenvalue weighted by Crippen LogP contribution is -2.35. The number of carbonyl (C=O) groups is 3. The van der Waals surface area contributed by atoms with Crippen molar-refractivity contribution in [2.24, 2.45) is 0 Å². The van der Waals surface area contributed by atoms with E-state index in [-0.39, 0.29) is 17.7 Å². The van der Waals surface area contributed by atoms with Gasteiger partial charge in [-0.15, -0.1) is 0 Å². The van der Waals surface area contributed by atoms with Crippen LogP contribution in [0.1, 0.15) is 12.8 Å². The number of carbonyl (C=O) groups excluding carboxylic acids is 3. The van der Waals surface area contributed by atoms with E-state index in [1.807, 2.05) is 0 Å². The molecule has 0 fully saturated rings. The minimum Gasteiger partial charge on any atom is -0.370 e. The van der Waals surface area contributed by atoms with Crippen LogP contribution in [0, 0.1) is 0 Å². The van der Waals surface area contributed by atoms with Crippen molar-refractivity contribution in [2.75, 3.05) is 13.1 Å². The lowest BCUT2D eigenvalue weighted by Gasteiger charge is -2.20. The second-order valence-electron chi connectivity index (χ2n) is 4.17. The lowest BCUT2D eigenvalue weighted by molar-refractivity contribution is -0.137. The zero-order valence-corrected chi connectivity index (χ0v) is 9.78. The van der Waals surface area contributed by atoms with Crippen LogP contribution in [0.2, 0.25) is 0 Å². The Balaban J connectivity index is 1.69. The number of unbranched alkanes of at least 4 members (excludes halogenated alkanes) is 1.